The van der Waals surface area contributed by atoms with Crippen molar-refractivity contribution in [2.24, 2.45) is 0 Å². The summed E-state index contributed by atoms with van der Waals surface area (Å²) in [5.74, 6) is -0.0549. The Hall–Kier alpha value is -3.54. The second-order valence-electron chi connectivity index (χ2n) is 8.31. The van der Waals surface area contributed by atoms with E-state index in [-0.39, 0.29) is 25.0 Å². The Balaban J connectivity index is 1.66. The number of hydrogen-bond acceptors (Lipinski definition) is 3. The quantitative estimate of drug-likeness (QED) is 0.298. The van der Waals surface area contributed by atoms with Crippen LogP contribution in [0.25, 0.3) is 10.8 Å². The first-order valence-electron chi connectivity index (χ1n) is 11.6. The Morgan fingerprint density at radius 3 is 2.22 bits per heavy atom. The number of likely N-dealkylation sites (N-methyl/N-ethyl adjacent to an activating group) is 1. The first-order chi connectivity index (χ1) is 17.5. The molecule has 1 N–H and O–H groups in total. The number of nitrogens with one attached hydrogen (secondary N) is 1. The fraction of sp³-hybridized carbons (Fsp3) is 0.172. The molecule has 4 rings (SSSR count). The number of hydrogen-bond donors (Lipinski definition) is 1. The molecule has 0 aliphatic rings. The van der Waals surface area contributed by atoms with Gasteiger partial charge in [-0.2, -0.15) is 0 Å². The molecule has 0 radical (unpaired) electrons. The molecule has 0 saturated heterocycles. The highest BCUT2D eigenvalue weighted by atomic mass is 35.5. The molecule has 0 bridgehead atoms. The van der Waals surface area contributed by atoms with Gasteiger partial charge in [0, 0.05) is 41.0 Å². The summed E-state index contributed by atoms with van der Waals surface area (Å²) in [6, 6.07) is 27.4. The number of amides is 2. The van der Waals surface area contributed by atoms with E-state index in [0.717, 1.165) is 16.3 Å². The molecular formula is C29H26Cl2N2O3. The number of halogens is 2. The van der Waals surface area contributed by atoms with Crippen molar-refractivity contribution in [2.45, 2.75) is 19.0 Å². The van der Waals surface area contributed by atoms with Crippen LogP contribution in [0.2, 0.25) is 10.0 Å². The molecule has 4 aromatic carbocycles. The van der Waals surface area contributed by atoms with Gasteiger partial charge in [-0.1, -0.05) is 96.0 Å². The van der Waals surface area contributed by atoms with Crippen molar-refractivity contribution in [1.29, 1.82) is 0 Å². The van der Waals surface area contributed by atoms with Gasteiger partial charge < -0.3 is 15.0 Å². The van der Waals surface area contributed by atoms with Crippen LogP contribution in [0.5, 0.6) is 5.75 Å². The van der Waals surface area contributed by atoms with Gasteiger partial charge in [-0.3, -0.25) is 9.59 Å². The van der Waals surface area contributed by atoms with Crippen LogP contribution in [0.4, 0.5) is 0 Å². The van der Waals surface area contributed by atoms with Crippen LogP contribution in [0.15, 0.2) is 91.0 Å². The summed E-state index contributed by atoms with van der Waals surface area (Å²) in [5.41, 5.74) is 1.49. The van der Waals surface area contributed by atoms with Crippen LogP contribution in [0.1, 0.15) is 11.1 Å². The second-order valence-corrected chi connectivity index (χ2v) is 9.12. The number of nitrogens with zero attached hydrogens (tertiary/aromatic N) is 1. The molecule has 184 valence electrons. The molecule has 0 unspecified atom stereocenters. The molecule has 36 heavy (non-hydrogen) atoms. The van der Waals surface area contributed by atoms with Gasteiger partial charge in [-0.15, -0.1) is 0 Å². The summed E-state index contributed by atoms with van der Waals surface area (Å²) >= 11 is 12.9. The zero-order valence-corrected chi connectivity index (χ0v) is 21.3. The Morgan fingerprint density at radius 2 is 1.50 bits per heavy atom. The molecule has 0 aliphatic carbocycles. The Morgan fingerprint density at radius 1 is 0.861 bits per heavy atom. The lowest BCUT2D eigenvalue weighted by molar-refractivity contribution is -0.142. The van der Waals surface area contributed by atoms with Crippen LogP contribution < -0.4 is 10.1 Å². The molecule has 1 atom stereocenters. The first kappa shape index (κ1) is 25.5. The van der Waals surface area contributed by atoms with Gasteiger partial charge >= 0.3 is 0 Å². The molecule has 4 aromatic rings. The van der Waals surface area contributed by atoms with Crippen molar-refractivity contribution < 1.29 is 14.3 Å². The largest absolute Gasteiger partial charge is 0.483 e. The number of rotatable bonds is 9. The van der Waals surface area contributed by atoms with E-state index < -0.39 is 6.04 Å². The predicted octanol–water partition coefficient (Wildman–Crippen LogP) is 5.91. The lowest BCUT2D eigenvalue weighted by atomic mass is 10.0. The van der Waals surface area contributed by atoms with Crippen LogP contribution >= 0.6 is 23.2 Å². The maximum absolute atomic E-state index is 13.7. The number of carbonyl (C=O) groups excluding carboxylic acids is 2. The molecule has 2 amide bonds. The zero-order valence-electron chi connectivity index (χ0n) is 19.8. The topological polar surface area (TPSA) is 58.6 Å². The molecule has 7 heteroatoms. The maximum atomic E-state index is 13.7. The molecular weight excluding hydrogens is 495 g/mol. The summed E-state index contributed by atoms with van der Waals surface area (Å²) in [7, 11) is 1.55. The average Bonchev–Trinajstić information content (AvgIpc) is 2.90. The predicted molar refractivity (Wildman–Crippen MR) is 144 cm³/mol. The number of ether oxygens (including phenoxy) is 1. The maximum Gasteiger partial charge on any atom is 0.261 e. The van der Waals surface area contributed by atoms with E-state index >= 15 is 0 Å². The van der Waals surface area contributed by atoms with Gasteiger partial charge in [0.1, 0.15) is 11.8 Å². The highest BCUT2D eigenvalue weighted by Gasteiger charge is 2.31. The Bertz CT molecular complexity index is 1340. The molecule has 5 nitrogen and oxygen atoms in total. The van der Waals surface area contributed by atoms with Gasteiger partial charge in [-0.25, -0.2) is 0 Å². The second kappa shape index (κ2) is 11.9. The van der Waals surface area contributed by atoms with Crippen LogP contribution in [0.3, 0.4) is 0 Å². The SMILES string of the molecule is CNC(=O)[C@@H](Cc1ccccc1)N(Cc1c(Cl)cccc1Cl)C(=O)COc1cccc2ccccc12. The van der Waals surface area contributed by atoms with Gasteiger partial charge in [0.25, 0.3) is 5.91 Å². The summed E-state index contributed by atoms with van der Waals surface area (Å²) < 4.78 is 5.99. The van der Waals surface area contributed by atoms with Gasteiger partial charge in [0.2, 0.25) is 5.91 Å². The van der Waals surface area contributed by atoms with E-state index in [1.807, 2.05) is 72.8 Å². The van der Waals surface area contributed by atoms with E-state index in [1.54, 1.807) is 25.2 Å². The molecule has 0 aliphatic heterocycles. The minimum absolute atomic E-state index is 0.0567. The molecule has 0 saturated carbocycles. The fourth-order valence-electron chi connectivity index (χ4n) is 4.12. The standard InChI is InChI=1S/C29H26Cl2N2O3/c1-32-29(35)26(17-20-9-3-2-4-10-20)33(18-23-24(30)14-8-15-25(23)31)28(34)19-36-27-16-7-12-21-11-5-6-13-22(21)27/h2-16,26H,17-19H2,1H3,(H,32,35)/t26-/m1/s1. The van der Waals surface area contributed by atoms with Crippen molar-refractivity contribution in [1.82, 2.24) is 10.2 Å². The highest BCUT2D eigenvalue weighted by Crippen LogP contribution is 2.28. The van der Waals surface area contributed by atoms with E-state index in [0.29, 0.717) is 27.8 Å². The third-order valence-electron chi connectivity index (χ3n) is 6.01. The minimum atomic E-state index is -0.798. The van der Waals surface area contributed by atoms with Crippen molar-refractivity contribution in [3.05, 3.63) is 112 Å². The summed E-state index contributed by atoms with van der Waals surface area (Å²) in [5, 5.41) is 5.45. The normalized spacial score (nSPS) is 11.6. The lowest BCUT2D eigenvalue weighted by Gasteiger charge is -2.31. The average molecular weight is 521 g/mol. The van der Waals surface area contributed by atoms with Crippen molar-refractivity contribution in [3.8, 4) is 5.75 Å². The summed E-state index contributed by atoms with van der Waals surface area (Å²) in [4.78, 5) is 28.2. The third-order valence-corrected chi connectivity index (χ3v) is 6.72. The number of fused-ring (bicyclic) bond motifs is 1. The van der Waals surface area contributed by atoms with Gasteiger partial charge in [0.15, 0.2) is 6.61 Å². The fourth-order valence-corrected chi connectivity index (χ4v) is 4.64. The van der Waals surface area contributed by atoms with Crippen LogP contribution in [-0.2, 0) is 22.6 Å². The molecule has 0 heterocycles. The smallest absolute Gasteiger partial charge is 0.261 e. The van der Waals surface area contributed by atoms with E-state index in [1.165, 1.54) is 4.90 Å². The zero-order chi connectivity index (χ0) is 25.5. The van der Waals surface area contributed by atoms with Crippen molar-refractivity contribution in [2.75, 3.05) is 13.7 Å². The van der Waals surface area contributed by atoms with Crippen LogP contribution in [0, 0.1) is 0 Å². The van der Waals surface area contributed by atoms with Crippen LogP contribution in [-0.4, -0.2) is 36.4 Å². The molecule has 0 spiro atoms. The Kier molecular flexibility index (Phi) is 8.47. The Labute approximate surface area is 220 Å². The van der Waals surface area contributed by atoms with E-state index in [4.69, 9.17) is 27.9 Å². The molecule has 0 fully saturated rings. The van der Waals surface area contributed by atoms with Crippen molar-refractivity contribution in [3.63, 3.8) is 0 Å². The number of carbonyl (C=O) groups is 2. The summed E-state index contributed by atoms with van der Waals surface area (Å²) in [6.45, 7) is -0.195. The highest BCUT2D eigenvalue weighted by molar-refractivity contribution is 6.36. The third kappa shape index (κ3) is 5.99. The monoisotopic (exact) mass is 520 g/mol. The van der Waals surface area contributed by atoms with E-state index in [9.17, 15) is 9.59 Å². The van der Waals surface area contributed by atoms with Gasteiger partial charge in [-0.05, 0) is 29.1 Å². The lowest BCUT2D eigenvalue weighted by Crippen LogP contribution is -2.51. The molecule has 0 aromatic heterocycles. The minimum Gasteiger partial charge on any atom is -0.483 e. The summed E-state index contributed by atoms with van der Waals surface area (Å²) in [6.07, 6.45) is 0.322. The first-order valence-corrected chi connectivity index (χ1v) is 12.3. The van der Waals surface area contributed by atoms with E-state index in [2.05, 4.69) is 5.32 Å². The van der Waals surface area contributed by atoms with Crippen molar-refractivity contribution >= 4 is 45.8 Å². The number of benzene rings is 4. The van der Waals surface area contributed by atoms with Gasteiger partial charge in [0.05, 0.1) is 0 Å².